The Hall–Kier alpha value is -2.85. The molecule has 0 saturated heterocycles. The SMILES string of the molecule is CN1CCOc2nc(-c3ccc(C4(N)CC4)cc3)c(-c3ccccc3)cc21. The number of fused-ring (bicyclic) bond motifs is 1. The van der Waals surface area contributed by atoms with Gasteiger partial charge in [-0.1, -0.05) is 54.6 Å². The van der Waals surface area contributed by atoms with Crippen LogP contribution in [0.2, 0.25) is 0 Å². The Labute approximate surface area is 159 Å². The van der Waals surface area contributed by atoms with E-state index >= 15 is 0 Å². The highest BCUT2D eigenvalue weighted by molar-refractivity contribution is 5.85. The summed E-state index contributed by atoms with van der Waals surface area (Å²) in [6.45, 7) is 1.53. The standard InChI is InChI=1S/C23H23N3O/c1-26-13-14-27-22-20(26)15-19(16-5-3-2-4-6-16)21(25-22)17-7-9-18(10-8-17)23(24)11-12-23/h2-10,15H,11-14,24H2,1H3. The number of likely N-dealkylation sites (N-methyl/N-ethyl adjacent to an activating group) is 1. The van der Waals surface area contributed by atoms with Crippen LogP contribution in [0, 0.1) is 0 Å². The minimum atomic E-state index is -0.115. The Morgan fingerprint density at radius 2 is 1.74 bits per heavy atom. The van der Waals surface area contributed by atoms with Gasteiger partial charge in [-0.05, 0) is 30.0 Å². The van der Waals surface area contributed by atoms with Crippen LogP contribution in [0.4, 0.5) is 5.69 Å². The minimum Gasteiger partial charge on any atom is -0.474 e. The largest absolute Gasteiger partial charge is 0.474 e. The molecular formula is C23H23N3O. The zero-order chi connectivity index (χ0) is 18.4. The van der Waals surface area contributed by atoms with Crippen molar-refractivity contribution in [2.45, 2.75) is 18.4 Å². The van der Waals surface area contributed by atoms with Crippen molar-refractivity contribution in [1.29, 1.82) is 0 Å². The summed E-state index contributed by atoms with van der Waals surface area (Å²) in [7, 11) is 2.09. The van der Waals surface area contributed by atoms with Crippen molar-refractivity contribution >= 4 is 5.69 Å². The fraction of sp³-hybridized carbons (Fsp3) is 0.261. The third-order valence-corrected chi connectivity index (χ3v) is 5.65. The van der Waals surface area contributed by atoms with Crippen LogP contribution < -0.4 is 15.4 Å². The molecule has 1 aliphatic heterocycles. The Bertz CT molecular complexity index is 979. The first kappa shape index (κ1) is 16.3. The molecule has 0 atom stereocenters. The van der Waals surface area contributed by atoms with Crippen LogP contribution in [0.5, 0.6) is 5.88 Å². The number of ether oxygens (including phenoxy) is 1. The maximum atomic E-state index is 6.34. The zero-order valence-electron chi connectivity index (χ0n) is 15.5. The summed E-state index contributed by atoms with van der Waals surface area (Å²) in [6.07, 6.45) is 2.14. The normalized spacial score (nSPS) is 17.2. The van der Waals surface area contributed by atoms with Crippen molar-refractivity contribution in [2.75, 3.05) is 25.1 Å². The molecule has 1 aliphatic carbocycles. The first-order valence-corrected chi connectivity index (χ1v) is 9.48. The van der Waals surface area contributed by atoms with Gasteiger partial charge in [0.25, 0.3) is 0 Å². The summed E-state index contributed by atoms with van der Waals surface area (Å²) >= 11 is 0. The van der Waals surface area contributed by atoms with Crippen molar-refractivity contribution in [3.63, 3.8) is 0 Å². The van der Waals surface area contributed by atoms with Gasteiger partial charge in [0, 0.05) is 23.7 Å². The van der Waals surface area contributed by atoms with E-state index in [1.54, 1.807) is 0 Å². The van der Waals surface area contributed by atoms with Gasteiger partial charge in [0.05, 0.1) is 12.2 Å². The van der Waals surface area contributed by atoms with Crippen LogP contribution in [-0.2, 0) is 5.54 Å². The molecule has 1 aromatic heterocycles. The summed E-state index contributed by atoms with van der Waals surface area (Å²) in [5.41, 5.74) is 12.8. The Morgan fingerprint density at radius 1 is 1.00 bits per heavy atom. The maximum Gasteiger partial charge on any atom is 0.238 e. The molecule has 5 rings (SSSR count). The molecule has 0 radical (unpaired) electrons. The van der Waals surface area contributed by atoms with E-state index in [0.717, 1.165) is 47.5 Å². The van der Waals surface area contributed by atoms with Crippen LogP contribution >= 0.6 is 0 Å². The molecule has 4 nitrogen and oxygen atoms in total. The van der Waals surface area contributed by atoms with Gasteiger partial charge in [0.15, 0.2) is 0 Å². The van der Waals surface area contributed by atoms with Gasteiger partial charge in [-0.2, -0.15) is 0 Å². The van der Waals surface area contributed by atoms with Gasteiger partial charge >= 0.3 is 0 Å². The topological polar surface area (TPSA) is 51.4 Å². The molecule has 0 unspecified atom stereocenters. The van der Waals surface area contributed by atoms with E-state index in [1.807, 2.05) is 6.07 Å². The number of pyridine rings is 1. The molecule has 2 N–H and O–H groups in total. The number of aromatic nitrogens is 1. The van der Waals surface area contributed by atoms with Crippen LogP contribution in [0.3, 0.4) is 0 Å². The van der Waals surface area contributed by atoms with Crippen LogP contribution in [0.15, 0.2) is 60.7 Å². The van der Waals surface area contributed by atoms with Crippen molar-refractivity contribution in [2.24, 2.45) is 5.73 Å². The second-order valence-electron chi connectivity index (χ2n) is 7.58. The highest BCUT2D eigenvalue weighted by Gasteiger charge is 2.39. The van der Waals surface area contributed by atoms with Crippen LogP contribution in [0.1, 0.15) is 18.4 Å². The van der Waals surface area contributed by atoms with Gasteiger partial charge in [-0.15, -0.1) is 0 Å². The summed E-state index contributed by atoms with van der Waals surface area (Å²) < 4.78 is 5.86. The van der Waals surface area contributed by atoms with Crippen LogP contribution in [-0.4, -0.2) is 25.2 Å². The molecule has 0 bridgehead atoms. The third-order valence-electron chi connectivity index (χ3n) is 5.65. The van der Waals surface area contributed by atoms with E-state index in [4.69, 9.17) is 15.5 Å². The second-order valence-corrected chi connectivity index (χ2v) is 7.58. The van der Waals surface area contributed by atoms with E-state index in [9.17, 15) is 0 Å². The second kappa shape index (κ2) is 6.10. The highest BCUT2D eigenvalue weighted by Crippen LogP contribution is 2.44. The quantitative estimate of drug-likeness (QED) is 0.763. The Balaban J connectivity index is 1.66. The maximum absolute atomic E-state index is 6.34. The van der Waals surface area contributed by atoms with E-state index in [0.29, 0.717) is 12.5 Å². The lowest BCUT2D eigenvalue weighted by atomic mass is 9.96. The fourth-order valence-electron chi connectivity index (χ4n) is 3.71. The predicted octanol–water partition coefficient (Wildman–Crippen LogP) is 4.19. The molecule has 27 heavy (non-hydrogen) atoms. The molecule has 136 valence electrons. The number of nitrogens with two attached hydrogens (primary N) is 1. The zero-order valence-corrected chi connectivity index (χ0v) is 15.5. The van der Waals surface area contributed by atoms with Crippen molar-refractivity contribution < 1.29 is 4.74 Å². The molecule has 4 heteroatoms. The monoisotopic (exact) mass is 357 g/mol. The molecular weight excluding hydrogens is 334 g/mol. The number of anilines is 1. The first-order chi connectivity index (χ1) is 13.1. The molecule has 1 saturated carbocycles. The van der Waals surface area contributed by atoms with Crippen LogP contribution in [0.25, 0.3) is 22.4 Å². The summed E-state index contributed by atoms with van der Waals surface area (Å²) in [6, 6.07) is 21.2. The van der Waals surface area contributed by atoms with Gasteiger partial charge in [-0.25, -0.2) is 4.98 Å². The average Bonchev–Trinajstić information content (AvgIpc) is 3.47. The van der Waals surface area contributed by atoms with Gasteiger partial charge in [0.1, 0.15) is 12.3 Å². The average molecular weight is 357 g/mol. The van der Waals surface area contributed by atoms with E-state index in [-0.39, 0.29) is 5.54 Å². The molecule has 2 aromatic carbocycles. The molecule has 0 spiro atoms. The van der Waals surface area contributed by atoms with Gasteiger partial charge < -0.3 is 15.4 Å². The van der Waals surface area contributed by atoms with E-state index in [2.05, 4.69) is 66.5 Å². The first-order valence-electron chi connectivity index (χ1n) is 9.48. The molecule has 1 fully saturated rings. The van der Waals surface area contributed by atoms with Crippen molar-refractivity contribution in [3.8, 4) is 28.3 Å². The predicted molar refractivity (Wildman–Crippen MR) is 109 cm³/mol. The lowest BCUT2D eigenvalue weighted by Crippen LogP contribution is -2.29. The number of nitrogens with zero attached hydrogens (tertiary/aromatic N) is 2. The molecule has 2 heterocycles. The number of rotatable bonds is 3. The minimum absolute atomic E-state index is 0.115. The number of benzene rings is 2. The smallest absolute Gasteiger partial charge is 0.238 e. The lowest BCUT2D eigenvalue weighted by Gasteiger charge is -2.28. The summed E-state index contributed by atoms with van der Waals surface area (Å²) in [5, 5.41) is 0. The number of hydrogen-bond acceptors (Lipinski definition) is 4. The number of hydrogen-bond donors (Lipinski definition) is 1. The highest BCUT2D eigenvalue weighted by atomic mass is 16.5. The molecule has 2 aliphatic rings. The van der Waals surface area contributed by atoms with Crippen molar-refractivity contribution in [1.82, 2.24) is 4.98 Å². The Kier molecular flexibility index (Phi) is 3.69. The Morgan fingerprint density at radius 3 is 2.44 bits per heavy atom. The van der Waals surface area contributed by atoms with E-state index in [1.165, 1.54) is 5.56 Å². The third kappa shape index (κ3) is 2.86. The fourth-order valence-corrected chi connectivity index (χ4v) is 3.71. The lowest BCUT2D eigenvalue weighted by molar-refractivity contribution is 0.299. The van der Waals surface area contributed by atoms with Gasteiger partial charge in [0.2, 0.25) is 5.88 Å². The van der Waals surface area contributed by atoms with Gasteiger partial charge in [-0.3, -0.25) is 0 Å². The molecule has 3 aromatic rings. The summed E-state index contributed by atoms with van der Waals surface area (Å²) in [5.74, 6) is 0.708. The molecule has 0 amide bonds. The van der Waals surface area contributed by atoms with Crippen molar-refractivity contribution in [3.05, 3.63) is 66.2 Å². The summed E-state index contributed by atoms with van der Waals surface area (Å²) in [4.78, 5) is 7.13. The van der Waals surface area contributed by atoms with E-state index < -0.39 is 0 Å².